The lowest BCUT2D eigenvalue weighted by Gasteiger charge is -2.33. The van der Waals surface area contributed by atoms with Gasteiger partial charge in [0.15, 0.2) is 0 Å². The Hall–Kier alpha value is -1.92. The Balaban J connectivity index is 0.00000196. The number of benzene rings is 1. The van der Waals surface area contributed by atoms with Crippen LogP contribution in [0.3, 0.4) is 0 Å². The number of hydrazine groups is 1. The average Bonchev–Trinajstić information content (AvgIpc) is 2.69. The smallest absolute Gasteiger partial charge is 0.227 e. The Bertz CT molecular complexity index is 720. The average molecular weight is 421 g/mol. The number of anilines is 1. The van der Waals surface area contributed by atoms with Crippen molar-refractivity contribution in [1.29, 1.82) is 0 Å². The van der Waals surface area contributed by atoms with Crippen LogP contribution in [0.5, 0.6) is 0 Å². The predicted molar refractivity (Wildman–Crippen MR) is 105 cm³/mol. The van der Waals surface area contributed by atoms with Crippen LogP contribution in [-0.2, 0) is 4.79 Å². The highest BCUT2D eigenvalue weighted by atomic mass is 35.5. The minimum atomic E-state index is 0. The predicted octanol–water partition coefficient (Wildman–Crippen LogP) is -2.52. The van der Waals surface area contributed by atoms with Crippen LogP contribution >= 0.6 is 0 Å². The third-order valence-corrected chi connectivity index (χ3v) is 4.91. The number of nitrogens with zero attached hydrogens (tertiary/aromatic N) is 2. The van der Waals surface area contributed by atoms with Crippen LogP contribution in [0.25, 0.3) is 6.08 Å². The van der Waals surface area contributed by atoms with Gasteiger partial charge in [-0.25, -0.2) is 5.01 Å². The number of hydrogen-bond acceptors (Lipinski definition) is 4. The molecule has 2 aromatic rings. The highest BCUT2D eigenvalue weighted by Crippen LogP contribution is 2.27. The van der Waals surface area contributed by atoms with E-state index in [9.17, 15) is 4.79 Å². The molecule has 1 amide bonds. The zero-order valence-electron chi connectivity index (χ0n) is 15.7. The number of amides is 1. The summed E-state index contributed by atoms with van der Waals surface area (Å²) in [5.41, 5.74) is 1.98. The largest absolute Gasteiger partial charge is 1.00 e. The number of aromatic nitrogens is 1. The minimum absolute atomic E-state index is 0. The molecule has 1 heterocycles. The minimum Gasteiger partial charge on any atom is -1.00 e. The first kappa shape index (κ1) is 24.1. The molecule has 0 aliphatic heterocycles. The van der Waals surface area contributed by atoms with E-state index >= 15 is 0 Å². The second-order valence-electron chi connectivity index (χ2n) is 6.74. The Kier molecular flexibility index (Phi) is 10.8. The van der Waals surface area contributed by atoms with Crippen LogP contribution in [0.4, 0.5) is 5.69 Å². The molecular weight excluding hydrogens is 395 g/mol. The second kappa shape index (κ2) is 12.5. The van der Waals surface area contributed by atoms with Gasteiger partial charge in [0.05, 0.1) is 0 Å². The quantitative estimate of drug-likeness (QED) is 0.399. The standard InChI is InChI=1S/C21H26N4O.2ClH/c22-25(16-4-7-17-5-2-1-3-6-17)20-10-8-18(9-11-20)21(26)24-19-12-14-23-15-13-19;;/h1-7,12-15,18,20H,8-11,16,22H2,(H,23,24,26);2*1H/p-2/b7-4+;;. The van der Waals surface area contributed by atoms with Crippen LogP contribution in [0.2, 0.25) is 0 Å². The molecule has 0 spiro atoms. The summed E-state index contributed by atoms with van der Waals surface area (Å²) >= 11 is 0. The second-order valence-corrected chi connectivity index (χ2v) is 6.74. The van der Waals surface area contributed by atoms with Crippen molar-refractivity contribution < 1.29 is 29.6 Å². The third-order valence-electron chi connectivity index (χ3n) is 4.91. The van der Waals surface area contributed by atoms with Crippen LogP contribution in [-0.4, -0.2) is 28.5 Å². The van der Waals surface area contributed by atoms with Crippen LogP contribution in [0, 0.1) is 5.92 Å². The lowest BCUT2D eigenvalue weighted by molar-refractivity contribution is -0.121. The van der Waals surface area contributed by atoms with Crippen molar-refractivity contribution in [2.45, 2.75) is 31.7 Å². The van der Waals surface area contributed by atoms with E-state index in [4.69, 9.17) is 5.84 Å². The first-order valence-electron chi connectivity index (χ1n) is 9.16. The van der Waals surface area contributed by atoms with E-state index in [1.807, 2.05) is 35.3 Å². The molecule has 1 aliphatic carbocycles. The molecule has 3 rings (SSSR count). The molecule has 0 radical (unpaired) electrons. The van der Waals surface area contributed by atoms with Gasteiger partial charge in [0.25, 0.3) is 0 Å². The fourth-order valence-corrected chi connectivity index (χ4v) is 3.37. The lowest BCUT2D eigenvalue weighted by atomic mass is 9.85. The zero-order valence-corrected chi connectivity index (χ0v) is 17.2. The molecule has 3 N–H and O–H groups in total. The van der Waals surface area contributed by atoms with E-state index in [0.29, 0.717) is 12.6 Å². The summed E-state index contributed by atoms with van der Waals surface area (Å²) in [7, 11) is 0. The van der Waals surface area contributed by atoms with E-state index < -0.39 is 0 Å². The summed E-state index contributed by atoms with van der Waals surface area (Å²) in [6.45, 7) is 0.716. The molecule has 0 saturated heterocycles. The summed E-state index contributed by atoms with van der Waals surface area (Å²) < 4.78 is 0. The molecule has 0 unspecified atom stereocenters. The van der Waals surface area contributed by atoms with Gasteiger partial charge in [0.1, 0.15) is 0 Å². The van der Waals surface area contributed by atoms with Gasteiger partial charge in [-0.1, -0.05) is 42.5 Å². The Labute approximate surface area is 179 Å². The maximum atomic E-state index is 12.4. The van der Waals surface area contributed by atoms with E-state index in [0.717, 1.165) is 31.4 Å². The van der Waals surface area contributed by atoms with Gasteiger partial charge >= 0.3 is 0 Å². The van der Waals surface area contributed by atoms with E-state index in [-0.39, 0.29) is 36.6 Å². The first-order valence-corrected chi connectivity index (χ1v) is 9.16. The fraction of sp³-hybridized carbons (Fsp3) is 0.333. The SMILES string of the molecule is NN(C/C=C/c1ccccc1)C1CCC(C(=O)Nc2ccncc2)CC1.[Cl-].[Cl-]. The van der Waals surface area contributed by atoms with Gasteiger partial charge in [0, 0.05) is 36.6 Å². The van der Waals surface area contributed by atoms with E-state index in [2.05, 4.69) is 34.6 Å². The monoisotopic (exact) mass is 420 g/mol. The number of hydrogen-bond donors (Lipinski definition) is 2. The molecular formula is C21H26Cl2N4O-2. The molecule has 1 aromatic carbocycles. The summed E-state index contributed by atoms with van der Waals surface area (Å²) in [6.07, 6.45) is 11.2. The molecule has 152 valence electrons. The molecule has 1 fully saturated rings. The van der Waals surface area contributed by atoms with Gasteiger partial charge < -0.3 is 30.1 Å². The highest BCUT2D eigenvalue weighted by Gasteiger charge is 2.28. The highest BCUT2D eigenvalue weighted by molar-refractivity contribution is 5.92. The van der Waals surface area contributed by atoms with Crippen molar-refractivity contribution in [2.75, 3.05) is 11.9 Å². The molecule has 5 nitrogen and oxygen atoms in total. The Morgan fingerprint density at radius 1 is 1.07 bits per heavy atom. The van der Waals surface area contributed by atoms with E-state index in [1.54, 1.807) is 12.4 Å². The molecule has 28 heavy (non-hydrogen) atoms. The van der Waals surface area contributed by atoms with Crippen LogP contribution in [0.15, 0.2) is 60.9 Å². The van der Waals surface area contributed by atoms with Gasteiger partial charge in [-0.05, 0) is 43.4 Å². The number of rotatable bonds is 6. The topological polar surface area (TPSA) is 71.2 Å². The van der Waals surface area contributed by atoms with Crippen LogP contribution < -0.4 is 36.0 Å². The van der Waals surface area contributed by atoms with Gasteiger partial charge in [-0.2, -0.15) is 0 Å². The van der Waals surface area contributed by atoms with E-state index in [1.165, 1.54) is 5.56 Å². The van der Waals surface area contributed by atoms with Crippen molar-refractivity contribution in [3.8, 4) is 0 Å². The van der Waals surface area contributed by atoms with Crippen molar-refractivity contribution in [2.24, 2.45) is 11.8 Å². The van der Waals surface area contributed by atoms with Crippen molar-refractivity contribution in [3.05, 3.63) is 66.5 Å². The Morgan fingerprint density at radius 2 is 1.71 bits per heavy atom. The fourth-order valence-electron chi connectivity index (χ4n) is 3.37. The number of pyridine rings is 1. The van der Waals surface area contributed by atoms with Crippen LogP contribution in [0.1, 0.15) is 31.2 Å². The van der Waals surface area contributed by atoms with Gasteiger partial charge in [0.2, 0.25) is 5.91 Å². The first-order chi connectivity index (χ1) is 12.7. The zero-order chi connectivity index (χ0) is 18.2. The number of nitrogens with two attached hydrogens (primary N) is 1. The number of carbonyl (C=O) groups excluding carboxylic acids is 1. The maximum Gasteiger partial charge on any atom is 0.227 e. The van der Waals surface area contributed by atoms with Crippen molar-refractivity contribution in [3.63, 3.8) is 0 Å². The lowest BCUT2D eigenvalue weighted by Crippen LogP contribution is -3.00. The molecule has 0 atom stereocenters. The molecule has 1 aliphatic rings. The Morgan fingerprint density at radius 3 is 2.36 bits per heavy atom. The molecule has 7 heteroatoms. The normalized spacial score (nSPS) is 18.9. The maximum absolute atomic E-state index is 12.4. The summed E-state index contributed by atoms with van der Waals surface area (Å²) in [6, 6.07) is 14.2. The molecule has 1 saturated carbocycles. The molecule has 0 bridgehead atoms. The summed E-state index contributed by atoms with van der Waals surface area (Å²) in [5.74, 6) is 6.39. The van der Waals surface area contributed by atoms with Gasteiger partial charge in [-0.15, -0.1) is 0 Å². The van der Waals surface area contributed by atoms with Crippen molar-refractivity contribution >= 4 is 17.7 Å². The third kappa shape index (κ3) is 7.24. The number of nitrogens with one attached hydrogen (secondary N) is 1. The number of carbonyl (C=O) groups is 1. The summed E-state index contributed by atoms with van der Waals surface area (Å²) in [4.78, 5) is 16.3. The van der Waals surface area contributed by atoms with Crippen molar-refractivity contribution in [1.82, 2.24) is 9.99 Å². The van der Waals surface area contributed by atoms with Gasteiger partial charge in [-0.3, -0.25) is 15.6 Å². The number of halogens is 2. The molecule has 1 aromatic heterocycles. The summed E-state index contributed by atoms with van der Waals surface area (Å²) in [5, 5.41) is 4.87.